The third kappa shape index (κ3) is 5.03. The first-order valence-electron chi connectivity index (χ1n) is 9.26. The molecule has 0 aliphatic heterocycles. The summed E-state index contributed by atoms with van der Waals surface area (Å²) in [6.45, 7) is 2.90. The normalized spacial score (nSPS) is 15.9. The summed E-state index contributed by atoms with van der Waals surface area (Å²) in [7, 11) is 1.95. The van der Waals surface area contributed by atoms with Gasteiger partial charge in [0.1, 0.15) is 11.6 Å². The van der Waals surface area contributed by atoms with Crippen molar-refractivity contribution in [2.75, 3.05) is 0 Å². The minimum atomic E-state index is -0.234. The molecule has 0 unspecified atom stereocenters. The molecule has 0 amide bonds. The molecule has 3 rings (SSSR count). The fourth-order valence-electron chi connectivity index (χ4n) is 3.17. The number of rotatable bonds is 5. The number of benzene rings is 1. The summed E-state index contributed by atoms with van der Waals surface area (Å²) < 4.78 is 15.3. The highest BCUT2D eigenvalue weighted by Crippen LogP contribution is 2.17. The van der Waals surface area contributed by atoms with Gasteiger partial charge in [-0.25, -0.2) is 9.38 Å². The van der Waals surface area contributed by atoms with Gasteiger partial charge in [-0.2, -0.15) is 0 Å². The second kappa shape index (κ2) is 8.78. The van der Waals surface area contributed by atoms with Crippen LogP contribution in [0.15, 0.2) is 29.3 Å². The van der Waals surface area contributed by atoms with Crippen LogP contribution in [0.3, 0.4) is 0 Å². The van der Waals surface area contributed by atoms with E-state index in [9.17, 15) is 4.39 Å². The molecule has 1 aliphatic carbocycles. The van der Waals surface area contributed by atoms with Gasteiger partial charge in [0, 0.05) is 13.1 Å². The van der Waals surface area contributed by atoms with Crippen LogP contribution in [0.2, 0.25) is 0 Å². The molecule has 0 saturated heterocycles. The van der Waals surface area contributed by atoms with Gasteiger partial charge in [-0.3, -0.25) is 0 Å². The van der Waals surface area contributed by atoms with E-state index in [2.05, 4.69) is 25.8 Å². The Balaban J connectivity index is 1.67. The second-order valence-corrected chi connectivity index (χ2v) is 6.85. The fraction of sp³-hybridized carbons (Fsp3) is 0.526. The molecule has 1 fully saturated rings. The molecule has 0 atom stereocenters. The van der Waals surface area contributed by atoms with Crippen LogP contribution in [0.25, 0.3) is 0 Å². The van der Waals surface area contributed by atoms with Gasteiger partial charge in [-0.05, 0) is 37.5 Å². The van der Waals surface area contributed by atoms with E-state index in [4.69, 9.17) is 0 Å². The maximum absolute atomic E-state index is 13.4. The first kappa shape index (κ1) is 18.4. The molecule has 1 aliphatic rings. The average Bonchev–Trinajstić information content (AvgIpc) is 2.97. The predicted octanol–water partition coefficient (Wildman–Crippen LogP) is 2.83. The number of nitrogens with zero attached hydrogens (tertiary/aromatic N) is 4. The van der Waals surface area contributed by atoms with E-state index in [1.54, 1.807) is 6.07 Å². The first-order valence-corrected chi connectivity index (χ1v) is 9.26. The molecule has 1 aromatic carbocycles. The topological polar surface area (TPSA) is 67.1 Å². The van der Waals surface area contributed by atoms with E-state index in [1.165, 1.54) is 31.4 Å². The number of aliphatic imine (C=N–C) groups is 1. The van der Waals surface area contributed by atoms with E-state index in [0.29, 0.717) is 19.1 Å². The van der Waals surface area contributed by atoms with Crippen LogP contribution in [0, 0.1) is 12.7 Å². The van der Waals surface area contributed by atoms with Crippen molar-refractivity contribution in [3.63, 3.8) is 0 Å². The lowest BCUT2D eigenvalue weighted by Crippen LogP contribution is -2.44. The number of aryl methyl sites for hydroxylation is 1. The van der Waals surface area contributed by atoms with Crippen LogP contribution in [-0.4, -0.2) is 26.8 Å². The molecular weight excluding hydrogens is 331 g/mol. The van der Waals surface area contributed by atoms with E-state index < -0.39 is 0 Å². The van der Waals surface area contributed by atoms with Crippen molar-refractivity contribution < 1.29 is 4.39 Å². The Kier molecular flexibility index (Phi) is 6.20. The fourth-order valence-corrected chi connectivity index (χ4v) is 3.17. The molecule has 1 aromatic heterocycles. The predicted molar refractivity (Wildman–Crippen MR) is 100 cm³/mol. The number of aromatic nitrogens is 3. The van der Waals surface area contributed by atoms with Crippen LogP contribution < -0.4 is 10.6 Å². The molecule has 1 saturated carbocycles. The van der Waals surface area contributed by atoms with Crippen LogP contribution >= 0.6 is 0 Å². The van der Waals surface area contributed by atoms with E-state index >= 15 is 0 Å². The first-order chi connectivity index (χ1) is 12.6. The lowest BCUT2D eigenvalue weighted by Gasteiger charge is -2.25. The summed E-state index contributed by atoms with van der Waals surface area (Å²) in [6.07, 6.45) is 6.11. The quantitative estimate of drug-likeness (QED) is 0.637. The summed E-state index contributed by atoms with van der Waals surface area (Å²) >= 11 is 0. The lowest BCUT2D eigenvalue weighted by atomic mass is 9.96. The van der Waals surface area contributed by atoms with E-state index in [-0.39, 0.29) is 5.82 Å². The molecule has 0 radical (unpaired) electrons. The molecular formula is C19H27FN6. The van der Waals surface area contributed by atoms with E-state index in [1.807, 2.05) is 24.6 Å². The van der Waals surface area contributed by atoms with Gasteiger partial charge in [-0.1, -0.05) is 31.4 Å². The molecule has 0 bridgehead atoms. The van der Waals surface area contributed by atoms with Crippen molar-refractivity contribution in [3.05, 3.63) is 47.3 Å². The van der Waals surface area contributed by atoms with Crippen LogP contribution in [0.4, 0.5) is 4.39 Å². The molecule has 6 nitrogen and oxygen atoms in total. The van der Waals surface area contributed by atoms with Gasteiger partial charge in [0.15, 0.2) is 11.8 Å². The largest absolute Gasteiger partial charge is 0.354 e. The number of halogens is 1. The summed E-state index contributed by atoms with van der Waals surface area (Å²) in [5.74, 6) is 2.23. The highest BCUT2D eigenvalue weighted by atomic mass is 19.1. The molecule has 2 aromatic rings. The van der Waals surface area contributed by atoms with E-state index in [0.717, 1.165) is 36.0 Å². The summed E-state index contributed by atoms with van der Waals surface area (Å²) in [4.78, 5) is 4.65. The van der Waals surface area contributed by atoms with Crippen molar-refractivity contribution in [2.45, 2.75) is 58.2 Å². The SMILES string of the molecule is Cc1nnc(CNC(=NCc2cccc(F)c2)NC2CCCCC2)n1C. The Morgan fingerprint density at radius 3 is 2.77 bits per heavy atom. The maximum atomic E-state index is 13.4. The molecule has 0 spiro atoms. The third-order valence-electron chi connectivity index (χ3n) is 4.85. The van der Waals surface area contributed by atoms with Crippen molar-refractivity contribution in [1.82, 2.24) is 25.4 Å². The Labute approximate surface area is 153 Å². The van der Waals surface area contributed by atoms with Crippen molar-refractivity contribution >= 4 is 5.96 Å². The molecule has 2 N–H and O–H groups in total. The van der Waals surface area contributed by atoms with Gasteiger partial charge < -0.3 is 15.2 Å². The van der Waals surface area contributed by atoms with Gasteiger partial charge in [0.2, 0.25) is 0 Å². The van der Waals surface area contributed by atoms with Crippen LogP contribution in [-0.2, 0) is 20.1 Å². The second-order valence-electron chi connectivity index (χ2n) is 6.85. The molecule has 1 heterocycles. The van der Waals surface area contributed by atoms with Gasteiger partial charge >= 0.3 is 0 Å². The zero-order valence-corrected chi connectivity index (χ0v) is 15.5. The summed E-state index contributed by atoms with van der Waals surface area (Å²) in [5.41, 5.74) is 0.851. The van der Waals surface area contributed by atoms with Crippen molar-refractivity contribution in [3.8, 4) is 0 Å². The lowest BCUT2D eigenvalue weighted by molar-refractivity contribution is 0.409. The van der Waals surface area contributed by atoms with Crippen LogP contribution in [0.5, 0.6) is 0 Å². The van der Waals surface area contributed by atoms with Crippen LogP contribution in [0.1, 0.15) is 49.3 Å². The summed E-state index contributed by atoms with van der Waals surface area (Å²) in [5, 5.41) is 15.1. The minimum absolute atomic E-state index is 0.234. The number of hydrogen-bond acceptors (Lipinski definition) is 3. The highest BCUT2D eigenvalue weighted by molar-refractivity contribution is 5.80. The Bertz CT molecular complexity index is 748. The van der Waals surface area contributed by atoms with Gasteiger partial charge in [-0.15, -0.1) is 10.2 Å². The number of hydrogen-bond donors (Lipinski definition) is 2. The maximum Gasteiger partial charge on any atom is 0.192 e. The smallest absolute Gasteiger partial charge is 0.192 e. The zero-order chi connectivity index (χ0) is 18.4. The molecule has 7 heteroatoms. The minimum Gasteiger partial charge on any atom is -0.354 e. The summed E-state index contributed by atoms with van der Waals surface area (Å²) in [6, 6.07) is 7.00. The van der Waals surface area contributed by atoms with Gasteiger partial charge in [0.25, 0.3) is 0 Å². The number of nitrogens with one attached hydrogen (secondary N) is 2. The monoisotopic (exact) mass is 358 g/mol. The number of guanidine groups is 1. The standard InChI is InChI=1S/C19H27FN6/c1-14-24-25-18(26(14)2)13-22-19(23-17-9-4-3-5-10-17)21-12-15-7-6-8-16(20)11-15/h6-8,11,17H,3-5,9-10,12-13H2,1-2H3,(H2,21,22,23). The molecule has 26 heavy (non-hydrogen) atoms. The van der Waals surface area contributed by atoms with Crippen molar-refractivity contribution in [1.29, 1.82) is 0 Å². The van der Waals surface area contributed by atoms with Gasteiger partial charge in [0.05, 0.1) is 13.1 Å². The van der Waals surface area contributed by atoms with Crippen molar-refractivity contribution in [2.24, 2.45) is 12.0 Å². The zero-order valence-electron chi connectivity index (χ0n) is 15.5. The Hall–Kier alpha value is -2.44. The molecule has 140 valence electrons. The highest BCUT2D eigenvalue weighted by Gasteiger charge is 2.15. The Morgan fingerprint density at radius 1 is 1.27 bits per heavy atom. The Morgan fingerprint density at radius 2 is 2.08 bits per heavy atom. The average molecular weight is 358 g/mol. The third-order valence-corrected chi connectivity index (χ3v) is 4.85.